The summed E-state index contributed by atoms with van der Waals surface area (Å²) in [6.45, 7) is 5.73. The molecule has 1 N–H and O–H groups in total. The first kappa shape index (κ1) is 9.86. The Kier molecular flexibility index (Phi) is 3.58. The van der Waals surface area contributed by atoms with E-state index < -0.39 is 0 Å². The van der Waals surface area contributed by atoms with Gasteiger partial charge in [-0.05, 0) is 24.0 Å². The molecule has 2 nitrogen and oxygen atoms in total. The molecular formula is C10H11NOS. The van der Waals surface area contributed by atoms with E-state index in [9.17, 15) is 4.79 Å². The van der Waals surface area contributed by atoms with Gasteiger partial charge in [0.25, 0.3) is 0 Å². The highest BCUT2D eigenvalue weighted by atomic mass is 32.2. The maximum atomic E-state index is 10.3. The van der Waals surface area contributed by atoms with E-state index in [1.165, 1.54) is 0 Å². The van der Waals surface area contributed by atoms with E-state index in [1.54, 1.807) is 11.8 Å². The van der Waals surface area contributed by atoms with Crippen molar-refractivity contribution in [1.29, 1.82) is 0 Å². The summed E-state index contributed by atoms with van der Waals surface area (Å²) in [6, 6.07) is 7.63. The van der Waals surface area contributed by atoms with Crippen molar-refractivity contribution in [2.24, 2.45) is 0 Å². The standard InChI is InChI=1S/C10H11NOS/c1-8(2)13-10-6-4-3-5-9(10)11-7-12/h3-7H,1H2,2H3,(H,11,12). The lowest BCUT2D eigenvalue weighted by molar-refractivity contribution is -0.105. The molecule has 3 heteroatoms. The number of hydrogen-bond donors (Lipinski definition) is 1. The van der Waals surface area contributed by atoms with Crippen molar-refractivity contribution in [3.8, 4) is 0 Å². The van der Waals surface area contributed by atoms with Crippen molar-refractivity contribution in [1.82, 2.24) is 0 Å². The predicted molar refractivity (Wildman–Crippen MR) is 56.8 cm³/mol. The molecule has 0 radical (unpaired) electrons. The second kappa shape index (κ2) is 4.72. The van der Waals surface area contributed by atoms with Crippen LogP contribution in [0.3, 0.4) is 0 Å². The molecule has 1 amide bonds. The molecule has 1 aromatic carbocycles. The number of amides is 1. The second-order valence-corrected chi connectivity index (χ2v) is 3.90. The van der Waals surface area contributed by atoms with Gasteiger partial charge in [0, 0.05) is 4.90 Å². The van der Waals surface area contributed by atoms with Crippen LogP contribution in [-0.4, -0.2) is 6.41 Å². The number of carbonyl (C=O) groups is 1. The fourth-order valence-electron chi connectivity index (χ4n) is 0.926. The van der Waals surface area contributed by atoms with Gasteiger partial charge in [-0.2, -0.15) is 0 Å². The number of benzene rings is 1. The van der Waals surface area contributed by atoms with Crippen molar-refractivity contribution < 1.29 is 4.79 Å². The van der Waals surface area contributed by atoms with Crippen molar-refractivity contribution in [3.05, 3.63) is 35.7 Å². The largest absolute Gasteiger partial charge is 0.328 e. The zero-order valence-corrected chi connectivity index (χ0v) is 8.23. The molecule has 13 heavy (non-hydrogen) atoms. The number of anilines is 1. The first-order chi connectivity index (χ1) is 6.24. The number of thioether (sulfide) groups is 1. The van der Waals surface area contributed by atoms with E-state index in [0.717, 1.165) is 15.5 Å². The molecule has 0 bridgehead atoms. The average Bonchev–Trinajstić information content (AvgIpc) is 2.08. The Morgan fingerprint density at radius 2 is 2.23 bits per heavy atom. The SMILES string of the molecule is C=C(C)Sc1ccccc1NC=O. The zero-order chi connectivity index (χ0) is 9.68. The molecule has 0 unspecified atom stereocenters. The molecule has 0 aliphatic heterocycles. The van der Waals surface area contributed by atoms with Gasteiger partial charge in [-0.25, -0.2) is 0 Å². The zero-order valence-electron chi connectivity index (χ0n) is 7.41. The van der Waals surface area contributed by atoms with Gasteiger partial charge in [0.2, 0.25) is 6.41 Å². The number of rotatable bonds is 4. The van der Waals surface area contributed by atoms with Crippen LogP contribution in [0.2, 0.25) is 0 Å². The maximum absolute atomic E-state index is 10.3. The molecule has 0 saturated carbocycles. The van der Waals surface area contributed by atoms with Crippen molar-refractivity contribution >= 4 is 23.9 Å². The summed E-state index contributed by atoms with van der Waals surface area (Å²) in [5, 5.41) is 2.64. The first-order valence-corrected chi connectivity index (χ1v) is 4.68. The normalized spacial score (nSPS) is 9.31. The molecule has 1 aromatic rings. The highest BCUT2D eigenvalue weighted by molar-refractivity contribution is 8.03. The minimum Gasteiger partial charge on any atom is -0.328 e. The van der Waals surface area contributed by atoms with Gasteiger partial charge in [0.05, 0.1) is 5.69 Å². The fraction of sp³-hybridized carbons (Fsp3) is 0.100. The summed E-state index contributed by atoms with van der Waals surface area (Å²) < 4.78 is 0. The van der Waals surface area contributed by atoms with Gasteiger partial charge in [0.1, 0.15) is 0 Å². The van der Waals surface area contributed by atoms with Gasteiger partial charge < -0.3 is 5.32 Å². The molecule has 68 valence electrons. The van der Waals surface area contributed by atoms with Crippen LogP contribution < -0.4 is 5.32 Å². The third kappa shape index (κ3) is 2.95. The number of para-hydroxylation sites is 1. The smallest absolute Gasteiger partial charge is 0.211 e. The molecule has 0 aliphatic rings. The Morgan fingerprint density at radius 1 is 1.54 bits per heavy atom. The lowest BCUT2D eigenvalue weighted by Gasteiger charge is -2.06. The van der Waals surface area contributed by atoms with E-state index in [-0.39, 0.29) is 0 Å². The molecule has 0 atom stereocenters. The average molecular weight is 193 g/mol. The van der Waals surface area contributed by atoms with Crippen LogP contribution in [-0.2, 0) is 4.79 Å². The molecule has 0 aromatic heterocycles. The topological polar surface area (TPSA) is 29.1 Å². The maximum Gasteiger partial charge on any atom is 0.211 e. The van der Waals surface area contributed by atoms with Gasteiger partial charge in [-0.1, -0.05) is 30.5 Å². The third-order valence-corrected chi connectivity index (χ3v) is 2.31. The molecule has 1 rings (SSSR count). The van der Waals surface area contributed by atoms with Gasteiger partial charge in [0.15, 0.2) is 0 Å². The fourth-order valence-corrected chi connectivity index (χ4v) is 1.69. The van der Waals surface area contributed by atoms with Crippen LogP contribution in [0.5, 0.6) is 0 Å². The molecular weight excluding hydrogens is 182 g/mol. The summed E-state index contributed by atoms with van der Waals surface area (Å²) in [4.78, 5) is 12.3. The minimum absolute atomic E-state index is 0.678. The number of nitrogens with one attached hydrogen (secondary N) is 1. The Hall–Kier alpha value is -1.22. The Morgan fingerprint density at radius 3 is 2.85 bits per heavy atom. The van der Waals surface area contributed by atoms with Crippen molar-refractivity contribution in [2.45, 2.75) is 11.8 Å². The Balaban J connectivity index is 2.90. The molecule has 0 spiro atoms. The van der Waals surface area contributed by atoms with E-state index in [4.69, 9.17) is 0 Å². The number of allylic oxidation sites excluding steroid dienone is 1. The van der Waals surface area contributed by atoms with Crippen molar-refractivity contribution in [3.63, 3.8) is 0 Å². The quantitative estimate of drug-likeness (QED) is 0.588. The third-order valence-electron chi connectivity index (χ3n) is 1.39. The summed E-state index contributed by atoms with van der Waals surface area (Å²) >= 11 is 1.55. The summed E-state index contributed by atoms with van der Waals surface area (Å²) in [6.07, 6.45) is 0.678. The molecule has 0 fully saturated rings. The van der Waals surface area contributed by atoms with E-state index in [1.807, 2.05) is 31.2 Å². The lowest BCUT2D eigenvalue weighted by atomic mass is 10.3. The van der Waals surface area contributed by atoms with Gasteiger partial charge >= 0.3 is 0 Å². The van der Waals surface area contributed by atoms with Crippen molar-refractivity contribution in [2.75, 3.05) is 5.32 Å². The lowest BCUT2D eigenvalue weighted by Crippen LogP contribution is -1.94. The first-order valence-electron chi connectivity index (χ1n) is 3.86. The predicted octanol–water partition coefficient (Wildman–Crippen LogP) is 2.88. The summed E-state index contributed by atoms with van der Waals surface area (Å²) in [5.41, 5.74) is 0.825. The summed E-state index contributed by atoms with van der Waals surface area (Å²) in [5.74, 6) is 0. The Labute approximate surface area is 82.0 Å². The minimum atomic E-state index is 0.678. The number of hydrogen-bond acceptors (Lipinski definition) is 2. The van der Waals surface area contributed by atoms with Gasteiger partial charge in [-0.3, -0.25) is 4.79 Å². The highest BCUT2D eigenvalue weighted by Gasteiger charge is 2.00. The van der Waals surface area contributed by atoms with Crippen LogP contribution in [0.4, 0.5) is 5.69 Å². The second-order valence-electron chi connectivity index (χ2n) is 2.56. The van der Waals surface area contributed by atoms with E-state index >= 15 is 0 Å². The van der Waals surface area contributed by atoms with Crippen LogP contribution in [0, 0.1) is 0 Å². The van der Waals surface area contributed by atoms with Crippen LogP contribution in [0.1, 0.15) is 6.92 Å². The van der Waals surface area contributed by atoms with Crippen LogP contribution in [0.25, 0.3) is 0 Å². The van der Waals surface area contributed by atoms with Crippen LogP contribution in [0.15, 0.2) is 40.6 Å². The monoisotopic (exact) mass is 193 g/mol. The summed E-state index contributed by atoms with van der Waals surface area (Å²) in [7, 11) is 0. The molecule has 0 heterocycles. The van der Waals surface area contributed by atoms with E-state index in [0.29, 0.717) is 6.41 Å². The number of carbonyl (C=O) groups excluding carboxylic acids is 1. The highest BCUT2D eigenvalue weighted by Crippen LogP contribution is 2.30. The van der Waals surface area contributed by atoms with E-state index in [2.05, 4.69) is 11.9 Å². The Bertz CT molecular complexity index is 322. The molecule has 0 saturated heterocycles. The molecule has 0 aliphatic carbocycles. The van der Waals surface area contributed by atoms with Gasteiger partial charge in [-0.15, -0.1) is 0 Å². The van der Waals surface area contributed by atoms with Crippen LogP contribution >= 0.6 is 11.8 Å².